The standard InChI is InChI=1S/C28H18O11/c1-35-19-7-13-17(9-15(19)31)37-23-5-12(30)6-24(26(23)28(13)34)39-21-10-18-14(8-20(21)36-2)27(33)25-16(32)3-11(29)4-22(25)38-18/h3-10,29-32H,1-2H3. The van der Waals surface area contributed by atoms with Crippen LogP contribution < -0.4 is 25.1 Å². The van der Waals surface area contributed by atoms with Gasteiger partial charge < -0.3 is 43.5 Å². The number of aromatic hydroxyl groups is 4. The number of hydrogen-bond acceptors (Lipinski definition) is 11. The Kier molecular flexibility index (Phi) is 5.18. The van der Waals surface area contributed by atoms with Gasteiger partial charge in [-0.05, 0) is 12.1 Å². The van der Waals surface area contributed by atoms with Gasteiger partial charge in [-0.3, -0.25) is 9.59 Å². The fourth-order valence-corrected chi connectivity index (χ4v) is 4.50. The van der Waals surface area contributed by atoms with Crippen LogP contribution in [0.3, 0.4) is 0 Å². The van der Waals surface area contributed by atoms with E-state index in [-0.39, 0.29) is 84.1 Å². The molecule has 4 N–H and O–H groups in total. The Morgan fingerprint density at radius 3 is 1.77 bits per heavy atom. The summed E-state index contributed by atoms with van der Waals surface area (Å²) in [6.07, 6.45) is 0. The van der Waals surface area contributed by atoms with Gasteiger partial charge in [0.15, 0.2) is 23.0 Å². The van der Waals surface area contributed by atoms with Crippen molar-refractivity contribution >= 4 is 43.9 Å². The first-order chi connectivity index (χ1) is 18.7. The van der Waals surface area contributed by atoms with Crippen LogP contribution in [0.2, 0.25) is 0 Å². The molecule has 2 heterocycles. The van der Waals surface area contributed by atoms with E-state index in [2.05, 4.69) is 0 Å². The van der Waals surface area contributed by atoms with Gasteiger partial charge in [0.25, 0.3) is 0 Å². The van der Waals surface area contributed by atoms with E-state index in [1.807, 2.05) is 0 Å². The average molecular weight is 530 g/mol. The summed E-state index contributed by atoms with van der Waals surface area (Å²) in [6.45, 7) is 0. The van der Waals surface area contributed by atoms with Crippen molar-refractivity contribution in [3.63, 3.8) is 0 Å². The first kappa shape index (κ1) is 23.8. The van der Waals surface area contributed by atoms with Gasteiger partial charge in [-0.15, -0.1) is 0 Å². The lowest BCUT2D eigenvalue weighted by atomic mass is 10.1. The lowest BCUT2D eigenvalue weighted by Crippen LogP contribution is -2.05. The molecule has 4 aromatic carbocycles. The molecule has 0 aliphatic carbocycles. The minimum atomic E-state index is -0.569. The van der Waals surface area contributed by atoms with Gasteiger partial charge in [-0.1, -0.05) is 0 Å². The number of phenolic OH excluding ortho intramolecular Hbond substituents is 4. The quantitative estimate of drug-likeness (QED) is 0.230. The molecule has 0 fully saturated rings. The summed E-state index contributed by atoms with van der Waals surface area (Å²) in [7, 11) is 2.68. The number of benzene rings is 4. The van der Waals surface area contributed by atoms with E-state index in [0.29, 0.717) is 0 Å². The number of fused-ring (bicyclic) bond motifs is 4. The lowest BCUT2D eigenvalue weighted by Gasteiger charge is -2.14. The van der Waals surface area contributed by atoms with Crippen molar-refractivity contribution in [1.82, 2.24) is 0 Å². The number of methoxy groups -OCH3 is 2. The van der Waals surface area contributed by atoms with Crippen molar-refractivity contribution in [3.8, 4) is 46.0 Å². The molecule has 0 bridgehead atoms. The second-order valence-electron chi connectivity index (χ2n) is 8.64. The lowest BCUT2D eigenvalue weighted by molar-refractivity contribution is 0.373. The third-order valence-corrected chi connectivity index (χ3v) is 6.27. The Labute approximate surface area is 216 Å². The van der Waals surface area contributed by atoms with Crippen LogP contribution in [0.5, 0.6) is 46.0 Å². The van der Waals surface area contributed by atoms with Crippen molar-refractivity contribution < 1.29 is 43.5 Å². The molecule has 39 heavy (non-hydrogen) atoms. The van der Waals surface area contributed by atoms with Crippen LogP contribution in [0.1, 0.15) is 0 Å². The van der Waals surface area contributed by atoms with Gasteiger partial charge in [0.1, 0.15) is 56.1 Å². The third-order valence-electron chi connectivity index (χ3n) is 6.27. The topological polar surface area (TPSA) is 169 Å². The molecule has 6 rings (SSSR count). The first-order valence-corrected chi connectivity index (χ1v) is 11.4. The molecule has 0 unspecified atom stereocenters. The smallest absolute Gasteiger partial charge is 0.204 e. The molecular formula is C28H18O11. The van der Waals surface area contributed by atoms with E-state index >= 15 is 0 Å². The van der Waals surface area contributed by atoms with Crippen LogP contribution in [0.25, 0.3) is 43.9 Å². The van der Waals surface area contributed by atoms with Crippen LogP contribution in [-0.4, -0.2) is 34.6 Å². The van der Waals surface area contributed by atoms with Gasteiger partial charge in [0.05, 0.1) is 25.0 Å². The van der Waals surface area contributed by atoms with Gasteiger partial charge in [-0.2, -0.15) is 0 Å². The van der Waals surface area contributed by atoms with E-state index in [1.54, 1.807) is 0 Å². The summed E-state index contributed by atoms with van der Waals surface area (Å²) < 4.78 is 28.1. The van der Waals surface area contributed by atoms with E-state index in [1.165, 1.54) is 56.7 Å². The largest absolute Gasteiger partial charge is 0.508 e. The summed E-state index contributed by atoms with van der Waals surface area (Å²) in [5.74, 6) is -1.19. The van der Waals surface area contributed by atoms with Crippen LogP contribution in [0.15, 0.2) is 67.0 Å². The van der Waals surface area contributed by atoms with E-state index in [0.717, 1.165) is 6.07 Å². The zero-order chi connectivity index (χ0) is 27.6. The summed E-state index contributed by atoms with van der Waals surface area (Å²) in [4.78, 5) is 26.6. The molecule has 196 valence electrons. The summed E-state index contributed by atoms with van der Waals surface area (Å²) in [6, 6.07) is 9.89. The highest BCUT2D eigenvalue weighted by molar-refractivity contribution is 5.97. The highest BCUT2D eigenvalue weighted by atomic mass is 16.5. The average Bonchev–Trinajstić information content (AvgIpc) is 2.87. The predicted octanol–water partition coefficient (Wildman–Crippen LogP) is 4.84. The number of phenols is 4. The Morgan fingerprint density at radius 2 is 1.10 bits per heavy atom. The van der Waals surface area contributed by atoms with Crippen molar-refractivity contribution in [2.75, 3.05) is 14.2 Å². The van der Waals surface area contributed by atoms with Crippen molar-refractivity contribution in [2.45, 2.75) is 0 Å². The van der Waals surface area contributed by atoms with E-state index in [4.69, 9.17) is 23.0 Å². The molecule has 6 aromatic rings. The first-order valence-electron chi connectivity index (χ1n) is 11.4. The fourth-order valence-electron chi connectivity index (χ4n) is 4.50. The fraction of sp³-hybridized carbons (Fsp3) is 0.0714. The summed E-state index contributed by atoms with van der Waals surface area (Å²) >= 11 is 0. The van der Waals surface area contributed by atoms with Crippen molar-refractivity contribution in [1.29, 1.82) is 0 Å². The molecule has 0 aliphatic heterocycles. The summed E-state index contributed by atoms with van der Waals surface area (Å²) in [5, 5.41) is 40.5. The number of ether oxygens (including phenoxy) is 3. The number of rotatable bonds is 4. The normalized spacial score (nSPS) is 11.4. The van der Waals surface area contributed by atoms with E-state index in [9.17, 15) is 30.0 Å². The molecule has 0 radical (unpaired) electrons. The molecule has 0 saturated carbocycles. The predicted molar refractivity (Wildman–Crippen MR) is 140 cm³/mol. The minimum absolute atomic E-state index is 0.0182. The van der Waals surface area contributed by atoms with Gasteiger partial charge >= 0.3 is 0 Å². The van der Waals surface area contributed by atoms with Crippen LogP contribution in [0, 0.1) is 0 Å². The third kappa shape index (κ3) is 3.67. The van der Waals surface area contributed by atoms with Crippen molar-refractivity contribution in [3.05, 3.63) is 69.0 Å². The molecular weight excluding hydrogens is 512 g/mol. The van der Waals surface area contributed by atoms with Crippen molar-refractivity contribution in [2.24, 2.45) is 0 Å². The molecule has 11 nitrogen and oxygen atoms in total. The minimum Gasteiger partial charge on any atom is -0.508 e. The molecule has 0 aliphatic rings. The van der Waals surface area contributed by atoms with Crippen LogP contribution >= 0.6 is 0 Å². The van der Waals surface area contributed by atoms with E-state index < -0.39 is 16.6 Å². The maximum Gasteiger partial charge on any atom is 0.204 e. The van der Waals surface area contributed by atoms with Crippen LogP contribution in [0.4, 0.5) is 0 Å². The van der Waals surface area contributed by atoms with Gasteiger partial charge in [-0.25, -0.2) is 0 Å². The molecule has 0 spiro atoms. The molecule has 2 aromatic heterocycles. The molecule has 0 atom stereocenters. The highest BCUT2D eigenvalue weighted by Crippen LogP contribution is 2.41. The maximum absolute atomic E-state index is 13.5. The monoisotopic (exact) mass is 530 g/mol. The van der Waals surface area contributed by atoms with Gasteiger partial charge in [0.2, 0.25) is 10.9 Å². The molecule has 0 amide bonds. The number of hydrogen-bond donors (Lipinski definition) is 4. The zero-order valence-corrected chi connectivity index (χ0v) is 20.3. The molecule has 0 saturated heterocycles. The SMILES string of the molecule is COc1cc2c(=O)c3c(Oc4cc5oc6cc(O)cc(O)c6c(=O)c5cc4OC)cc(O)cc3oc2cc1O. The Hall–Kier alpha value is -5.58. The van der Waals surface area contributed by atoms with Gasteiger partial charge in [0, 0.05) is 36.4 Å². The Bertz CT molecular complexity index is 2100. The Morgan fingerprint density at radius 1 is 0.538 bits per heavy atom. The van der Waals surface area contributed by atoms with Crippen LogP contribution in [-0.2, 0) is 0 Å². The zero-order valence-electron chi connectivity index (χ0n) is 20.3. The summed E-state index contributed by atoms with van der Waals surface area (Å²) in [5.41, 5.74) is -1.08. The Balaban J connectivity index is 1.60. The maximum atomic E-state index is 13.5. The second-order valence-corrected chi connectivity index (χ2v) is 8.64. The molecule has 11 heteroatoms. The second kappa shape index (κ2) is 8.48. The highest BCUT2D eigenvalue weighted by Gasteiger charge is 2.21.